The second-order valence-corrected chi connectivity index (χ2v) is 10.5. The van der Waals surface area contributed by atoms with Crippen molar-refractivity contribution in [3.8, 4) is 5.88 Å². The number of aryl methyl sites for hydroxylation is 1. The second-order valence-electron chi connectivity index (χ2n) is 10.5. The minimum absolute atomic E-state index is 0.0308. The number of hydrogen-bond donors (Lipinski definition) is 1. The summed E-state index contributed by atoms with van der Waals surface area (Å²) in [4.78, 5) is 19.7. The van der Waals surface area contributed by atoms with E-state index < -0.39 is 12.8 Å². The van der Waals surface area contributed by atoms with Gasteiger partial charge in [-0.05, 0) is 68.7 Å². The summed E-state index contributed by atoms with van der Waals surface area (Å²) in [6.45, 7) is 1.43. The number of aromatic nitrogens is 3. The largest absolute Gasteiger partial charge is 0.468 e. The Morgan fingerprint density at radius 1 is 1.11 bits per heavy atom. The van der Waals surface area contributed by atoms with Crippen LogP contribution in [0.15, 0.2) is 36.5 Å². The summed E-state index contributed by atoms with van der Waals surface area (Å²) >= 11 is 0. The van der Waals surface area contributed by atoms with Crippen LogP contribution in [0, 0.1) is 5.92 Å². The third-order valence-corrected chi connectivity index (χ3v) is 7.73. The van der Waals surface area contributed by atoms with E-state index in [9.17, 15) is 18.0 Å². The smallest absolute Gasteiger partial charge is 0.422 e. The maximum atomic E-state index is 13.0. The molecular weight excluding hydrogens is 495 g/mol. The molecule has 1 aliphatic heterocycles. The Balaban J connectivity index is 1.06. The van der Waals surface area contributed by atoms with Crippen molar-refractivity contribution < 1.29 is 22.7 Å². The zero-order chi connectivity index (χ0) is 26.7. The quantitative estimate of drug-likeness (QED) is 0.481. The van der Waals surface area contributed by atoms with Crippen LogP contribution < -0.4 is 10.1 Å². The molecule has 1 aromatic carbocycles. The number of benzene rings is 1. The van der Waals surface area contributed by atoms with E-state index in [1.807, 2.05) is 37.5 Å². The lowest BCUT2D eigenvalue weighted by molar-refractivity contribution is -0.154. The number of ether oxygens (including phenoxy) is 1. The standard InChI is InChI=1S/C28H34F3N5O2/c1-35-17-23-22(3-2-4-25(23)34-35)27(37)32-21-8-5-19(6-9-21)11-14-36-15-12-20-7-10-26(33-24(20)13-16-36)38-18-28(29,30)31/h2-4,7,10,17,19,21H,5-6,8-9,11-16,18H2,1H3,(H,32,37). The number of nitrogens with zero attached hydrogens (tertiary/aromatic N) is 4. The van der Waals surface area contributed by atoms with Crippen LogP contribution >= 0.6 is 0 Å². The first-order valence-corrected chi connectivity index (χ1v) is 13.4. The van der Waals surface area contributed by atoms with Crippen LogP contribution in [0.5, 0.6) is 5.88 Å². The van der Waals surface area contributed by atoms with Gasteiger partial charge in [0, 0.05) is 55.9 Å². The number of carbonyl (C=O) groups excluding carboxylic acids is 1. The predicted molar refractivity (Wildman–Crippen MR) is 138 cm³/mol. The monoisotopic (exact) mass is 529 g/mol. The van der Waals surface area contributed by atoms with Crippen molar-refractivity contribution in [1.82, 2.24) is 25.0 Å². The minimum Gasteiger partial charge on any atom is -0.468 e. The van der Waals surface area contributed by atoms with Gasteiger partial charge in [-0.2, -0.15) is 18.3 Å². The first-order chi connectivity index (χ1) is 18.2. The van der Waals surface area contributed by atoms with E-state index in [0.29, 0.717) is 17.9 Å². The third kappa shape index (κ3) is 6.64. The fraction of sp³-hybridized carbons (Fsp3) is 0.536. The number of amides is 1. The highest BCUT2D eigenvalue weighted by atomic mass is 19.4. The lowest BCUT2D eigenvalue weighted by Crippen LogP contribution is -2.38. The number of hydrogen-bond acceptors (Lipinski definition) is 5. The number of halogens is 3. The molecule has 2 aliphatic rings. The van der Waals surface area contributed by atoms with Gasteiger partial charge in [0.25, 0.3) is 5.91 Å². The van der Waals surface area contributed by atoms with Crippen LogP contribution in [0.1, 0.15) is 53.7 Å². The highest BCUT2D eigenvalue weighted by Gasteiger charge is 2.29. The zero-order valence-electron chi connectivity index (χ0n) is 21.6. The van der Waals surface area contributed by atoms with E-state index in [-0.39, 0.29) is 17.8 Å². The molecule has 1 N–H and O–H groups in total. The summed E-state index contributed by atoms with van der Waals surface area (Å²) < 4.78 is 43.9. The van der Waals surface area contributed by atoms with Crippen LogP contribution in [0.3, 0.4) is 0 Å². The Bertz CT molecular complexity index is 1270. The molecule has 0 unspecified atom stereocenters. The lowest BCUT2D eigenvalue weighted by Gasteiger charge is -2.30. The number of fused-ring (bicyclic) bond motifs is 2. The topological polar surface area (TPSA) is 72.3 Å². The SMILES string of the molecule is Cn1cc2c(C(=O)NC3CCC(CCN4CCc5ccc(OCC(F)(F)F)nc5CC4)CC3)cccc2n1. The van der Waals surface area contributed by atoms with E-state index in [2.05, 4.69) is 20.3 Å². The number of rotatable bonds is 7. The van der Waals surface area contributed by atoms with E-state index in [4.69, 9.17) is 4.74 Å². The lowest BCUT2D eigenvalue weighted by atomic mass is 9.84. The highest BCUT2D eigenvalue weighted by molar-refractivity contribution is 6.06. The number of nitrogens with one attached hydrogen (secondary N) is 1. The summed E-state index contributed by atoms with van der Waals surface area (Å²) in [5.74, 6) is 0.642. The molecule has 3 heterocycles. The molecule has 0 saturated heterocycles. The molecule has 1 saturated carbocycles. The van der Waals surface area contributed by atoms with E-state index in [1.54, 1.807) is 4.68 Å². The molecule has 0 bridgehead atoms. The zero-order valence-corrected chi connectivity index (χ0v) is 21.6. The molecule has 1 fully saturated rings. The van der Waals surface area contributed by atoms with Gasteiger partial charge in [-0.25, -0.2) is 4.98 Å². The molecular formula is C28H34F3N5O2. The summed E-state index contributed by atoms with van der Waals surface area (Å²) in [7, 11) is 1.86. The van der Waals surface area contributed by atoms with Crippen molar-refractivity contribution in [2.45, 2.75) is 57.2 Å². The minimum atomic E-state index is -4.37. The molecule has 204 valence electrons. The molecule has 5 rings (SSSR count). The molecule has 7 nitrogen and oxygen atoms in total. The molecule has 1 amide bonds. The predicted octanol–water partition coefficient (Wildman–Crippen LogP) is 4.69. The second kappa shape index (κ2) is 11.3. The van der Waals surface area contributed by atoms with E-state index in [1.165, 1.54) is 6.07 Å². The van der Waals surface area contributed by atoms with Gasteiger partial charge in [0.05, 0.1) is 11.1 Å². The van der Waals surface area contributed by atoms with Gasteiger partial charge in [0.1, 0.15) is 0 Å². The maximum Gasteiger partial charge on any atom is 0.422 e. The normalized spacial score (nSPS) is 20.6. The van der Waals surface area contributed by atoms with Crippen LogP contribution in [0.2, 0.25) is 0 Å². The van der Waals surface area contributed by atoms with E-state index in [0.717, 1.165) is 80.3 Å². The van der Waals surface area contributed by atoms with Gasteiger partial charge >= 0.3 is 6.18 Å². The summed E-state index contributed by atoms with van der Waals surface area (Å²) in [6.07, 6.45) is 4.33. The molecule has 3 aromatic rings. The molecule has 2 aromatic heterocycles. The Kier molecular flexibility index (Phi) is 7.88. The van der Waals surface area contributed by atoms with Crippen molar-refractivity contribution in [2.75, 3.05) is 26.2 Å². The van der Waals surface area contributed by atoms with Crippen molar-refractivity contribution in [3.05, 3.63) is 53.3 Å². The first-order valence-electron chi connectivity index (χ1n) is 13.4. The number of pyridine rings is 1. The van der Waals surface area contributed by atoms with Crippen LogP contribution in [-0.4, -0.2) is 64.0 Å². The van der Waals surface area contributed by atoms with Crippen LogP contribution in [0.25, 0.3) is 10.9 Å². The van der Waals surface area contributed by atoms with Crippen molar-refractivity contribution >= 4 is 16.8 Å². The molecule has 0 spiro atoms. The van der Waals surface area contributed by atoms with Gasteiger partial charge in [0.15, 0.2) is 6.61 Å². The van der Waals surface area contributed by atoms with Gasteiger partial charge in [-0.3, -0.25) is 9.48 Å². The molecule has 10 heteroatoms. The van der Waals surface area contributed by atoms with E-state index >= 15 is 0 Å². The van der Waals surface area contributed by atoms with Crippen molar-refractivity contribution in [2.24, 2.45) is 13.0 Å². The first kappa shape index (κ1) is 26.5. The Labute approximate surface area is 220 Å². The summed E-state index contributed by atoms with van der Waals surface area (Å²) in [5.41, 5.74) is 3.43. The third-order valence-electron chi connectivity index (χ3n) is 7.73. The molecule has 0 radical (unpaired) electrons. The Hall–Kier alpha value is -3.14. The fourth-order valence-corrected chi connectivity index (χ4v) is 5.65. The Morgan fingerprint density at radius 2 is 1.89 bits per heavy atom. The molecule has 38 heavy (non-hydrogen) atoms. The fourth-order valence-electron chi connectivity index (χ4n) is 5.65. The van der Waals surface area contributed by atoms with Crippen molar-refractivity contribution in [3.63, 3.8) is 0 Å². The highest BCUT2D eigenvalue weighted by Crippen LogP contribution is 2.28. The van der Waals surface area contributed by atoms with Gasteiger partial charge in [0.2, 0.25) is 5.88 Å². The Morgan fingerprint density at radius 3 is 2.68 bits per heavy atom. The van der Waals surface area contributed by atoms with Crippen molar-refractivity contribution in [1.29, 1.82) is 0 Å². The number of alkyl halides is 3. The summed E-state index contributed by atoms with van der Waals surface area (Å²) in [5, 5.41) is 8.51. The van der Waals surface area contributed by atoms with Gasteiger partial charge in [-0.15, -0.1) is 0 Å². The average molecular weight is 530 g/mol. The average Bonchev–Trinajstić information content (AvgIpc) is 3.16. The summed E-state index contributed by atoms with van der Waals surface area (Å²) in [6, 6.07) is 9.23. The van der Waals surface area contributed by atoms with Gasteiger partial charge in [-0.1, -0.05) is 12.1 Å². The van der Waals surface area contributed by atoms with Gasteiger partial charge < -0.3 is 15.0 Å². The number of carbonyl (C=O) groups is 1. The molecule has 0 atom stereocenters. The molecule has 1 aliphatic carbocycles. The van der Waals surface area contributed by atoms with Crippen LogP contribution in [-0.2, 0) is 19.9 Å². The maximum absolute atomic E-state index is 13.0. The van der Waals surface area contributed by atoms with Crippen LogP contribution in [0.4, 0.5) is 13.2 Å².